The fourth-order valence-corrected chi connectivity index (χ4v) is 1.91. The molecule has 2 rings (SSSR count). The summed E-state index contributed by atoms with van der Waals surface area (Å²) in [5.74, 6) is 0.0724. The zero-order chi connectivity index (χ0) is 12.8. The highest BCUT2D eigenvalue weighted by Gasteiger charge is 2.15. The lowest BCUT2D eigenvalue weighted by molar-refractivity contribution is -0.118. The van der Waals surface area contributed by atoms with Gasteiger partial charge in [0.2, 0.25) is 5.91 Å². The lowest BCUT2D eigenvalue weighted by atomic mass is 9.95. The van der Waals surface area contributed by atoms with Crippen LogP contribution in [0.5, 0.6) is 0 Å². The Morgan fingerprint density at radius 2 is 1.89 bits per heavy atom. The number of benzene rings is 1. The maximum Gasteiger partial charge on any atom is 0.216 e. The maximum absolute atomic E-state index is 11.1. The molecule has 0 saturated carbocycles. The normalized spacial score (nSPS) is 11.8. The Morgan fingerprint density at radius 3 is 2.50 bits per heavy atom. The Bertz CT molecular complexity index is 457. The van der Waals surface area contributed by atoms with Gasteiger partial charge >= 0.3 is 0 Å². The quantitative estimate of drug-likeness (QED) is 0.891. The van der Waals surface area contributed by atoms with Crippen molar-refractivity contribution in [2.24, 2.45) is 0 Å². The van der Waals surface area contributed by atoms with E-state index >= 15 is 0 Å². The number of aromatic nitrogens is 1. The number of hydrogen-bond donors (Lipinski definition) is 1. The van der Waals surface area contributed by atoms with Gasteiger partial charge < -0.3 is 5.32 Å². The number of nitrogens with zero attached hydrogens (tertiary/aromatic N) is 1. The maximum atomic E-state index is 11.1. The largest absolute Gasteiger partial charge is 0.355 e. The minimum absolute atomic E-state index is 0.0214. The summed E-state index contributed by atoms with van der Waals surface area (Å²) in [6.07, 6.45) is 1.78. The molecule has 18 heavy (non-hydrogen) atoms. The van der Waals surface area contributed by atoms with Crippen LogP contribution in [0.3, 0.4) is 0 Å². The SMILES string of the molecule is CC(=O)NCC(c1ccccc1)c1ccccn1. The zero-order valence-electron chi connectivity index (χ0n) is 10.3. The molecular weight excluding hydrogens is 224 g/mol. The number of nitrogens with one attached hydrogen (secondary N) is 1. The predicted molar refractivity (Wildman–Crippen MR) is 71.2 cm³/mol. The van der Waals surface area contributed by atoms with Crippen molar-refractivity contribution >= 4 is 5.91 Å². The Hall–Kier alpha value is -2.16. The molecule has 0 fully saturated rings. The van der Waals surface area contributed by atoms with Gasteiger partial charge in [0.1, 0.15) is 0 Å². The number of pyridine rings is 1. The summed E-state index contributed by atoms with van der Waals surface area (Å²) in [7, 11) is 0. The van der Waals surface area contributed by atoms with Crippen LogP contribution >= 0.6 is 0 Å². The van der Waals surface area contributed by atoms with Crippen LogP contribution < -0.4 is 5.32 Å². The van der Waals surface area contributed by atoms with Crippen molar-refractivity contribution in [3.8, 4) is 0 Å². The second kappa shape index (κ2) is 5.96. The van der Waals surface area contributed by atoms with Gasteiger partial charge in [0.05, 0.1) is 0 Å². The summed E-state index contributed by atoms with van der Waals surface area (Å²) < 4.78 is 0. The van der Waals surface area contributed by atoms with Gasteiger partial charge in [-0.3, -0.25) is 9.78 Å². The van der Waals surface area contributed by atoms with Crippen LogP contribution in [-0.4, -0.2) is 17.4 Å². The highest BCUT2D eigenvalue weighted by atomic mass is 16.1. The molecule has 0 aliphatic rings. The van der Waals surface area contributed by atoms with E-state index in [1.807, 2.05) is 36.4 Å². The van der Waals surface area contributed by atoms with E-state index in [1.165, 1.54) is 6.92 Å². The fourth-order valence-electron chi connectivity index (χ4n) is 1.91. The molecule has 0 saturated heterocycles. The summed E-state index contributed by atoms with van der Waals surface area (Å²) in [5.41, 5.74) is 2.13. The third-order valence-electron chi connectivity index (χ3n) is 2.80. The minimum atomic E-state index is -0.0214. The van der Waals surface area contributed by atoms with E-state index in [9.17, 15) is 4.79 Å². The van der Waals surface area contributed by atoms with Gasteiger partial charge in [-0.25, -0.2) is 0 Å². The molecule has 0 bridgehead atoms. The van der Waals surface area contributed by atoms with Crippen LogP contribution in [-0.2, 0) is 4.79 Å². The first-order valence-corrected chi connectivity index (χ1v) is 5.97. The van der Waals surface area contributed by atoms with Gasteiger partial charge in [0.25, 0.3) is 0 Å². The highest BCUT2D eigenvalue weighted by Crippen LogP contribution is 2.21. The van der Waals surface area contributed by atoms with Crippen molar-refractivity contribution in [1.29, 1.82) is 0 Å². The molecule has 0 radical (unpaired) electrons. The monoisotopic (exact) mass is 240 g/mol. The number of rotatable bonds is 4. The molecule has 1 atom stereocenters. The lowest BCUT2D eigenvalue weighted by Crippen LogP contribution is -2.26. The fraction of sp³-hybridized carbons (Fsp3) is 0.200. The molecule has 1 unspecified atom stereocenters. The van der Waals surface area contributed by atoms with E-state index in [0.29, 0.717) is 6.54 Å². The second-order valence-electron chi connectivity index (χ2n) is 4.15. The van der Waals surface area contributed by atoms with Crippen molar-refractivity contribution < 1.29 is 4.79 Å². The van der Waals surface area contributed by atoms with Crippen molar-refractivity contribution in [1.82, 2.24) is 10.3 Å². The molecule has 1 amide bonds. The van der Waals surface area contributed by atoms with Crippen molar-refractivity contribution in [3.63, 3.8) is 0 Å². The smallest absolute Gasteiger partial charge is 0.216 e. The molecule has 2 aromatic rings. The van der Waals surface area contributed by atoms with Crippen LogP contribution in [0.25, 0.3) is 0 Å². The van der Waals surface area contributed by atoms with Gasteiger partial charge in [0, 0.05) is 31.3 Å². The summed E-state index contributed by atoms with van der Waals surface area (Å²) in [4.78, 5) is 15.5. The Labute approximate surface area is 107 Å². The summed E-state index contributed by atoms with van der Waals surface area (Å²) >= 11 is 0. The predicted octanol–water partition coefficient (Wildman–Crippen LogP) is 2.35. The summed E-state index contributed by atoms with van der Waals surface area (Å²) in [6, 6.07) is 15.9. The number of hydrogen-bond acceptors (Lipinski definition) is 2. The van der Waals surface area contributed by atoms with Gasteiger partial charge in [-0.2, -0.15) is 0 Å². The third-order valence-corrected chi connectivity index (χ3v) is 2.80. The Balaban J connectivity index is 2.26. The Morgan fingerprint density at radius 1 is 1.17 bits per heavy atom. The first-order valence-electron chi connectivity index (χ1n) is 5.97. The van der Waals surface area contributed by atoms with Gasteiger partial charge in [-0.1, -0.05) is 36.4 Å². The van der Waals surface area contributed by atoms with Crippen molar-refractivity contribution in [3.05, 3.63) is 66.0 Å². The van der Waals surface area contributed by atoms with Crippen LogP contribution in [0.2, 0.25) is 0 Å². The van der Waals surface area contributed by atoms with E-state index in [2.05, 4.69) is 22.4 Å². The average Bonchev–Trinajstić information content (AvgIpc) is 2.41. The number of amides is 1. The van der Waals surface area contributed by atoms with E-state index in [0.717, 1.165) is 11.3 Å². The molecule has 1 aromatic carbocycles. The molecule has 92 valence electrons. The van der Waals surface area contributed by atoms with Gasteiger partial charge in [-0.15, -0.1) is 0 Å². The van der Waals surface area contributed by atoms with E-state index in [4.69, 9.17) is 0 Å². The first kappa shape index (κ1) is 12.3. The van der Waals surface area contributed by atoms with E-state index < -0.39 is 0 Å². The molecule has 1 heterocycles. The molecule has 3 heteroatoms. The van der Waals surface area contributed by atoms with Crippen LogP contribution in [0.4, 0.5) is 0 Å². The number of carbonyl (C=O) groups is 1. The summed E-state index contributed by atoms with van der Waals surface area (Å²) in [5, 5.41) is 2.86. The number of carbonyl (C=O) groups excluding carboxylic acids is 1. The topological polar surface area (TPSA) is 42.0 Å². The molecule has 1 N–H and O–H groups in total. The molecule has 3 nitrogen and oxygen atoms in total. The second-order valence-corrected chi connectivity index (χ2v) is 4.15. The molecule has 0 aliphatic carbocycles. The standard InChI is InChI=1S/C15H16N2O/c1-12(18)17-11-14(13-7-3-2-4-8-13)15-9-5-6-10-16-15/h2-10,14H,11H2,1H3,(H,17,18). The first-order chi connectivity index (χ1) is 8.77. The minimum Gasteiger partial charge on any atom is -0.355 e. The van der Waals surface area contributed by atoms with E-state index in [1.54, 1.807) is 6.20 Å². The average molecular weight is 240 g/mol. The summed E-state index contributed by atoms with van der Waals surface area (Å²) in [6.45, 7) is 2.09. The van der Waals surface area contributed by atoms with Crippen LogP contribution in [0.1, 0.15) is 24.1 Å². The zero-order valence-corrected chi connectivity index (χ0v) is 10.3. The van der Waals surface area contributed by atoms with E-state index in [-0.39, 0.29) is 11.8 Å². The lowest BCUT2D eigenvalue weighted by Gasteiger charge is -2.17. The van der Waals surface area contributed by atoms with Crippen molar-refractivity contribution in [2.45, 2.75) is 12.8 Å². The molecule has 0 spiro atoms. The highest BCUT2D eigenvalue weighted by molar-refractivity contribution is 5.72. The molecule has 0 aliphatic heterocycles. The van der Waals surface area contributed by atoms with Gasteiger partial charge in [-0.05, 0) is 17.7 Å². The van der Waals surface area contributed by atoms with Crippen LogP contribution in [0, 0.1) is 0 Å². The molecular formula is C15H16N2O. The molecule has 1 aromatic heterocycles. The van der Waals surface area contributed by atoms with Crippen LogP contribution in [0.15, 0.2) is 54.7 Å². The Kier molecular flexibility index (Phi) is 4.07. The third kappa shape index (κ3) is 3.17. The van der Waals surface area contributed by atoms with Gasteiger partial charge in [0.15, 0.2) is 0 Å². The van der Waals surface area contributed by atoms with Crippen molar-refractivity contribution in [2.75, 3.05) is 6.54 Å².